The highest BCUT2D eigenvalue weighted by molar-refractivity contribution is 4.68. The highest BCUT2D eigenvalue weighted by Crippen LogP contribution is 2.21. The summed E-state index contributed by atoms with van der Waals surface area (Å²) in [6.07, 6.45) is 0.585. The van der Waals surface area contributed by atoms with Gasteiger partial charge in [0, 0.05) is 0 Å². The Hall–Kier alpha value is -0.200. The van der Waals surface area contributed by atoms with Crippen LogP contribution in [-0.4, -0.2) is 62.1 Å². The van der Waals surface area contributed by atoms with Crippen LogP contribution in [0.5, 0.6) is 0 Å². The predicted molar refractivity (Wildman–Crippen MR) is 92.6 cm³/mol. The minimum atomic E-state index is -0.428. The van der Waals surface area contributed by atoms with Crippen molar-refractivity contribution in [3.63, 3.8) is 0 Å². The van der Waals surface area contributed by atoms with Gasteiger partial charge in [-0.05, 0) is 23.7 Å². The van der Waals surface area contributed by atoms with Crippen LogP contribution in [0.1, 0.15) is 54.4 Å². The third-order valence-electron chi connectivity index (χ3n) is 3.06. The van der Waals surface area contributed by atoms with Crippen molar-refractivity contribution in [2.45, 2.75) is 66.6 Å². The summed E-state index contributed by atoms with van der Waals surface area (Å²) in [6, 6.07) is 0. The predicted octanol–water partition coefficient (Wildman–Crippen LogP) is 2.63. The molecule has 0 aliphatic carbocycles. The molecule has 2 N–H and O–H groups in total. The second-order valence-electron chi connectivity index (χ2n) is 8.60. The van der Waals surface area contributed by atoms with Gasteiger partial charge in [-0.3, -0.25) is 0 Å². The van der Waals surface area contributed by atoms with Gasteiger partial charge in [0.05, 0.1) is 51.8 Å². The van der Waals surface area contributed by atoms with Crippen LogP contribution in [0.15, 0.2) is 0 Å². The molecule has 23 heavy (non-hydrogen) atoms. The van der Waals surface area contributed by atoms with E-state index < -0.39 is 12.2 Å². The highest BCUT2D eigenvalue weighted by Gasteiger charge is 2.17. The number of aliphatic hydroxyl groups excluding tert-OH is 2. The largest absolute Gasteiger partial charge is 0.391 e. The van der Waals surface area contributed by atoms with Crippen LogP contribution in [0, 0.1) is 10.8 Å². The zero-order chi connectivity index (χ0) is 17.9. The lowest BCUT2D eigenvalue weighted by Gasteiger charge is -2.22. The van der Waals surface area contributed by atoms with E-state index in [-0.39, 0.29) is 10.8 Å². The van der Waals surface area contributed by atoms with Gasteiger partial charge in [-0.25, -0.2) is 0 Å². The maximum absolute atomic E-state index is 9.78. The first-order valence-corrected chi connectivity index (χ1v) is 8.59. The molecule has 0 radical (unpaired) electrons. The molecule has 0 aliphatic rings. The van der Waals surface area contributed by atoms with Crippen LogP contribution < -0.4 is 0 Å². The van der Waals surface area contributed by atoms with Gasteiger partial charge in [0.15, 0.2) is 0 Å². The summed E-state index contributed by atoms with van der Waals surface area (Å²) in [4.78, 5) is 0. The van der Waals surface area contributed by atoms with E-state index in [0.29, 0.717) is 39.6 Å². The monoisotopic (exact) mass is 334 g/mol. The maximum Gasteiger partial charge on any atom is 0.0778 e. The fourth-order valence-electron chi connectivity index (χ4n) is 2.31. The average molecular weight is 334 g/mol. The summed E-state index contributed by atoms with van der Waals surface area (Å²) in [5.74, 6) is 0. The van der Waals surface area contributed by atoms with E-state index in [1.807, 2.05) is 0 Å². The third kappa shape index (κ3) is 18.0. The maximum atomic E-state index is 9.78. The third-order valence-corrected chi connectivity index (χ3v) is 3.06. The molecule has 2 unspecified atom stereocenters. The summed E-state index contributed by atoms with van der Waals surface area (Å²) in [6.45, 7) is 15.2. The van der Waals surface area contributed by atoms with E-state index in [4.69, 9.17) is 14.2 Å². The normalized spacial score (nSPS) is 15.7. The molecule has 2 atom stereocenters. The quantitative estimate of drug-likeness (QED) is 0.537. The molecule has 0 aromatic rings. The van der Waals surface area contributed by atoms with Gasteiger partial charge in [-0.1, -0.05) is 41.5 Å². The Morgan fingerprint density at radius 2 is 0.913 bits per heavy atom. The lowest BCUT2D eigenvalue weighted by molar-refractivity contribution is -0.0304. The Kier molecular flexibility index (Phi) is 11.3. The number of aliphatic hydroxyl groups is 2. The van der Waals surface area contributed by atoms with Gasteiger partial charge >= 0.3 is 0 Å². The summed E-state index contributed by atoms with van der Waals surface area (Å²) in [5, 5.41) is 19.6. The number of hydrogen-bond acceptors (Lipinski definition) is 5. The molecule has 0 spiro atoms. The topological polar surface area (TPSA) is 68.2 Å². The van der Waals surface area contributed by atoms with Crippen molar-refractivity contribution < 1.29 is 24.4 Å². The van der Waals surface area contributed by atoms with Crippen LogP contribution in [0.3, 0.4) is 0 Å². The molecular weight excluding hydrogens is 296 g/mol. The second-order valence-corrected chi connectivity index (χ2v) is 8.60. The van der Waals surface area contributed by atoms with Gasteiger partial charge in [-0.2, -0.15) is 0 Å². The van der Waals surface area contributed by atoms with E-state index in [0.717, 1.165) is 12.8 Å². The second kappa shape index (κ2) is 11.4. The van der Waals surface area contributed by atoms with Crippen LogP contribution in [0.25, 0.3) is 0 Å². The van der Waals surface area contributed by atoms with Crippen molar-refractivity contribution in [1.82, 2.24) is 0 Å². The first kappa shape index (κ1) is 22.8. The minimum Gasteiger partial charge on any atom is -0.391 e. The Labute approximate surface area is 142 Å². The lowest BCUT2D eigenvalue weighted by Crippen LogP contribution is -2.24. The van der Waals surface area contributed by atoms with Crippen LogP contribution in [0.4, 0.5) is 0 Å². The van der Waals surface area contributed by atoms with Gasteiger partial charge < -0.3 is 24.4 Å². The number of rotatable bonds is 12. The van der Waals surface area contributed by atoms with E-state index in [9.17, 15) is 10.2 Å². The number of ether oxygens (including phenoxy) is 3. The molecule has 0 saturated carbocycles. The molecule has 0 fully saturated rings. The highest BCUT2D eigenvalue weighted by atomic mass is 16.5. The molecule has 0 saturated heterocycles. The van der Waals surface area contributed by atoms with Crippen molar-refractivity contribution in [1.29, 1.82) is 0 Å². The smallest absolute Gasteiger partial charge is 0.0778 e. The van der Waals surface area contributed by atoms with Gasteiger partial charge in [0.25, 0.3) is 0 Å². The standard InChI is InChI=1S/C18H38O5/c1-17(2,3)11-15(19)13-22-9-7-21-8-10-23-14-16(20)12-18(4,5)6/h15-16,19-20H,7-14H2,1-6H3. The van der Waals surface area contributed by atoms with Crippen molar-refractivity contribution in [3.05, 3.63) is 0 Å². The molecule has 0 bridgehead atoms. The van der Waals surface area contributed by atoms with E-state index >= 15 is 0 Å². The van der Waals surface area contributed by atoms with E-state index in [1.165, 1.54) is 0 Å². The Morgan fingerprint density at radius 3 is 1.22 bits per heavy atom. The fraction of sp³-hybridized carbons (Fsp3) is 1.00. The van der Waals surface area contributed by atoms with Crippen LogP contribution >= 0.6 is 0 Å². The van der Waals surface area contributed by atoms with Crippen molar-refractivity contribution in [2.75, 3.05) is 39.6 Å². The Morgan fingerprint density at radius 1 is 0.609 bits per heavy atom. The molecule has 0 aromatic heterocycles. The molecule has 0 heterocycles. The fourth-order valence-corrected chi connectivity index (χ4v) is 2.31. The molecule has 5 nitrogen and oxygen atoms in total. The molecule has 0 amide bonds. The van der Waals surface area contributed by atoms with Gasteiger partial charge in [0.1, 0.15) is 0 Å². The Bertz CT molecular complexity index is 252. The van der Waals surface area contributed by atoms with Crippen molar-refractivity contribution >= 4 is 0 Å². The first-order chi connectivity index (χ1) is 10.5. The van der Waals surface area contributed by atoms with E-state index in [1.54, 1.807) is 0 Å². The van der Waals surface area contributed by atoms with Gasteiger partial charge in [0.2, 0.25) is 0 Å². The SMILES string of the molecule is CC(C)(C)CC(O)COCCOCCOCC(O)CC(C)(C)C. The molecule has 0 aliphatic heterocycles. The molecule has 0 rings (SSSR count). The molecular formula is C18H38O5. The van der Waals surface area contributed by atoms with Crippen LogP contribution in [-0.2, 0) is 14.2 Å². The van der Waals surface area contributed by atoms with E-state index in [2.05, 4.69) is 41.5 Å². The average Bonchev–Trinajstić information content (AvgIpc) is 2.32. The summed E-state index contributed by atoms with van der Waals surface area (Å²) >= 11 is 0. The molecule has 140 valence electrons. The van der Waals surface area contributed by atoms with Gasteiger partial charge in [-0.15, -0.1) is 0 Å². The van der Waals surface area contributed by atoms with Crippen molar-refractivity contribution in [3.8, 4) is 0 Å². The summed E-state index contributed by atoms with van der Waals surface area (Å²) in [5.41, 5.74) is 0.211. The zero-order valence-corrected chi connectivity index (χ0v) is 15.9. The lowest BCUT2D eigenvalue weighted by atomic mass is 9.89. The zero-order valence-electron chi connectivity index (χ0n) is 15.9. The van der Waals surface area contributed by atoms with Crippen LogP contribution in [0.2, 0.25) is 0 Å². The van der Waals surface area contributed by atoms with Crippen molar-refractivity contribution in [2.24, 2.45) is 10.8 Å². The molecule has 0 aromatic carbocycles. The summed E-state index contributed by atoms with van der Waals surface area (Å²) in [7, 11) is 0. The first-order valence-electron chi connectivity index (χ1n) is 8.59. The summed E-state index contributed by atoms with van der Waals surface area (Å²) < 4.78 is 16.2. The molecule has 5 heteroatoms. The minimum absolute atomic E-state index is 0.105. The number of hydrogen-bond donors (Lipinski definition) is 2. The Balaban J connectivity index is 3.37.